The van der Waals surface area contributed by atoms with Gasteiger partial charge in [-0.2, -0.15) is 0 Å². The Labute approximate surface area is 158 Å². The van der Waals surface area contributed by atoms with Crippen molar-refractivity contribution >= 4 is 0 Å². The first-order valence-electron chi connectivity index (χ1n) is 11.3. The number of hydrogen-bond acceptors (Lipinski definition) is 0. The van der Waals surface area contributed by atoms with E-state index in [2.05, 4.69) is 42.3 Å². The molecule has 0 aliphatic carbocycles. The second kappa shape index (κ2) is 15.5. The minimum Gasteiger partial charge on any atom is -0.234 e. The summed E-state index contributed by atoms with van der Waals surface area (Å²) in [5, 5.41) is 0. The lowest BCUT2D eigenvalue weighted by molar-refractivity contribution is -0.702. The van der Waals surface area contributed by atoms with Crippen molar-refractivity contribution in [1.29, 1.82) is 0 Å². The van der Waals surface area contributed by atoms with Gasteiger partial charge in [-0.25, -0.2) is 9.13 Å². The number of unbranched alkanes of at least 4 members (excludes halogenated alkanes) is 13. The molecule has 0 fully saturated rings. The van der Waals surface area contributed by atoms with E-state index in [-0.39, 0.29) is 0 Å². The number of aromatic nitrogens is 2. The van der Waals surface area contributed by atoms with Gasteiger partial charge < -0.3 is 0 Å². The maximum absolute atomic E-state index is 2.46. The van der Waals surface area contributed by atoms with Crippen LogP contribution in [0.4, 0.5) is 0 Å². The van der Waals surface area contributed by atoms with Crippen molar-refractivity contribution in [3.05, 3.63) is 18.2 Å². The number of rotatable bonds is 17. The van der Waals surface area contributed by atoms with Crippen LogP contribution in [0.15, 0.2) is 12.4 Å². The number of aryl methyl sites for hydroxylation is 2. The zero-order valence-electron chi connectivity index (χ0n) is 17.6. The van der Waals surface area contributed by atoms with Gasteiger partial charge in [0, 0.05) is 6.92 Å². The van der Waals surface area contributed by atoms with Crippen LogP contribution >= 0.6 is 0 Å². The van der Waals surface area contributed by atoms with Gasteiger partial charge in [0.1, 0.15) is 12.4 Å². The van der Waals surface area contributed by atoms with E-state index in [1.807, 2.05) is 0 Å². The monoisotopic (exact) mass is 349 g/mol. The van der Waals surface area contributed by atoms with Gasteiger partial charge in [-0.1, -0.05) is 84.5 Å². The highest BCUT2D eigenvalue weighted by atomic mass is 15.1. The highest BCUT2D eigenvalue weighted by Gasteiger charge is 2.11. The van der Waals surface area contributed by atoms with E-state index in [4.69, 9.17) is 0 Å². The Morgan fingerprint density at radius 2 is 1.16 bits per heavy atom. The average molecular weight is 350 g/mol. The molecule has 0 N–H and O–H groups in total. The van der Waals surface area contributed by atoms with Gasteiger partial charge in [-0.05, 0) is 25.7 Å². The summed E-state index contributed by atoms with van der Waals surface area (Å²) >= 11 is 0. The molecule has 0 radical (unpaired) electrons. The first-order valence-corrected chi connectivity index (χ1v) is 11.3. The molecule has 1 heterocycles. The summed E-state index contributed by atoms with van der Waals surface area (Å²) in [5.41, 5.74) is 0. The van der Waals surface area contributed by atoms with Gasteiger partial charge in [0.05, 0.1) is 13.1 Å². The van der Waals surface area contributed by atoms with Gasteiger partial charge in [0.15, 0.2) is 0 Å². The third kappa shape index (κ3) is 10.7. The molecular formula is C23H45N2+. The van der Waals surface area contributed by atoms with E-state index in [1.54, 1.807) is 0 Å². The molecule has 0 unspecified atom stereocenters. The Bertz CT molecular complexity index is 408. The zero-order valence-corrected chi connectivity index (χ0v) is 17.6. The molecule has 0 saturated heterocycles. The van der Waals surface area contributed by atoms with Crippen LogP contribution in [-0.4, -0.2) is 4.57 Å². The Morgan fingerprint density at radius 3 is 1.72 bits per heavy atom. The lowest BCUT2D eigenvalue weighted by atomic mass is 10.1. The van der Waals surface area contributed by atoms with E-state index < -0.39 is 0 Å². The van der Waals surface area contributed by atoms with Crippen LogP contribution in [0, 0.1) is 6.92 Å². The second-order valence-corrected chi connectivity index (χ2v) is 7.83. The van der Waals surface area contributed by atoms with Gasteiger partial charge >= 0.3 is 0 Å². The predicted molar refractivity (Wildman–Crippen MR) is 110 cm³/mol. The van der Waals surface area contributed by atoms with Gasteiger partial charge in [0.2, 0.25) is 0 Å². The smallest absolute Gasteiger partial charge is 0.234 e. The normalized spacial score (nSPS) is 11.3. The van der Waals surface area contributed by atoms with Crippen molar-refractivity contribution in [2.75, 3.05) is 0 Å². The number of nitrogens with zero attached hydrogens (tertiary/aromatic N) is 2. The molecule has 0 saturated carbocycles. The van der Waals surface area contributed by atoms with Crippen LogP contribution in [0.2, 0.25) is 0 Å². The van der Waals surface area contributed by atoms with E-state index in [0.29, 0.717) is 0 Å². The molecule has 2 heteroatoms. The van der Waals surface area contributed by atoms with Crippen LogP contribution in [0.1, 0.15) is 116 Å². The minimum absolute atomic E-state index is 1.20. The maximum atomic E-state index is 2.46. The van der Waals surface area contributed by atoms with Gasteiger partial charge in [-0.3, -0.25) is 0 Å². The fraction of sp³-hybridized carbons (Fsp3) is 0.870. The van der Waals surface area contributed by atoms with Crippen molar-refractivity contribution < 1.29 is 4.57 Å². The highest BCUT2D eigenvalue weighted by Crippen LogP contribution is 2.10. The summed E-state index contributed by atoms with van der Waals surface area (Å²) in [7, 11) is 0. The summed E-state index contributed by atoms with van der Waals surface area (Å²) in [6, 6.07) is 0. The second-order valence-electron chi connectivity index (χ2n) is 7.83. The van der Waals surface area contributed by atoms with E-state index in [9.17, 15) is 0 Å². The third-order valence-corrected chi connectivity index (χ3v) is 5.51. The van der Waals surface area contributed by atoms with Gasteiger partial charge in [0.25, 0.3) is 5.82 Å². The molecule has 0 atom stereocenters. The molecule has 1 aromatic rings. The van der Waals surface area contributed by atoms with Crippen LogP contribution in [-0.2, 0) is 13.1 Å². The Hall–Kier alpha value is -0.790. The Balaban J connectivity index is 2.07. The standard InChI is InChI=1S/C23H45N2/c1-4-6-8-10-12-14-16-18-20-25-22-21-24(23(25)3)19-17-15-13-11-9-7-5-2/h21-22H,4-20H2,1-3H3/q+1. The van der Waals surface area contributed by atoms with Crippen molar-refractivity contribution in [2.45, 2.75) is 130 Å². The van der Waals surface area contributed by atoms with E-state index in [1.165, 1.54) is 115 Å². The molecule has 0 aliphatic heterocycles. The Kier molecular flexibility index (Phi) is 13.8. The highest BCUT2D eigenvalue weighted by molar-refractivity contribution is 4.79. The maximum Gasteiger partial charge on any atom is 0.253 e. The lowest BCUT2D eigenvalue weighted by Crippen LogP contribution is -2.35. The first kappa shape index (κ1) is 22.3. The van der Waals surface area contributed by atoms with Crippen molar-refractivity contribution in [2.24, 2.45) is 0 Å². The molecule has 0 aliphatic rings. The lowest BCUT2D eigenvalue weighted by Gasteiger charge is -2.03. The molecule has 1 aromatic heterocycles. The van der Waals surface area contributed by atoms with Crippen molar-refractivity contribution in [3.8, 4) is 0 Å². The quantitative estimate of drug-likeness (QED) is 0.212. The van der Waals surface area contributed by atoms with Crippen LogP contribution < -0.4 is 4.57 Å². The number of imidazole rings is 1. The summed E-state index contributed by atoms with van der Waals surface area (Å²) < 4.78 is 4.91. The van der Waals surface area contributed by atoms with Crippen molar-refractivity contribution in [1.82, 2.24) is 4.57 Å². The number of hydrogen-bond donors (Lipinski definition) is 0. The first-order chi connectivity index (χ1) is 12.3. The van der Waals surface area contributed by atoms with E-state index in [0.717, 1.165) is 0 Å². The van der Waals surface area contributed by atoms with E-state index >= 15 is 0 Å². The summed E-state index contributed by atoms with van der Waals surface area (Å²) in [6.07, 6.45) is 25.6. The predicted octanol–water partition coefficient (Wildman–Crippen LogP) is 6.98. The molecule has 0 bridgehead atoms. The molecule has 25 heavy (non-hydrogen) atoms. The summed E-state index contributed by atoms with van der Waals surface area (Å²) in [5.74, 6) is 1.44. The SMILES string of the molecule is CCCCCCCCCC[n+]1ccn(CCCCCCCCC)c1C. The zero-order chi connectivity index (χ0) is 18.2. The summed E-state index contributed by atoms with van der Waals surface area (Å²) in [6.45, 7) is 9.26. The molecule has 0 amide bonds. The minimum atomic E-state index is 1.20. The fourth-order valence-electron chi connectivity index (χ4n) is 3.67. The average Bonchev–Trinajstić information content (AvgIpc) is 2.96. The third-order valence-electron chi connectivity index (χ3n) is 5.51. The van der Waals surface area contributed by atoms with Crippen molar-refractivity contribution in [3.63, 3.8) is 0 Å². The molecule has 0 spiro atoms. The molecular weight excluding hydrogens is 304 g/mol. The van der Waals surface area contributed by atoms with Crippen LogP contribution in [0.3, 0.4) is 0 Å². The Morgan fingerprint density at radius 1 is 0.680 bits per heavy atom. The van der Waals surface area contributed by atoms with Crippen LogP contribution in [0.25, 0.3) is 0 Å². The molecule has 146 valence electrons. The topological polar surface area (TPSA) is 8.81 Å². The van der Waals surface area contributed by atoms with Crippen LogP contribution in [0.5, 0.6) is 0 Å². The molecule has 0 aromatic carbocycles. The summed E-state index contributed by atoms with van der Waals surface area (Å²) in [4.78, 5) is 0. The molecule has 1 rings (SSSR count). The largest absolute Gasteiger partial charge is 0.253 e. The van der Waals surface area contributed by atoms with Gasteiger partial charge in [-0.15, -0.1) is 0 Å². The fourth-order valence-corrected chi connectivity index (χ4v) is 3.67. The molecule has 2 nitrogen and oxygen atoms in total.